The first kappa shape index (κ1) is 25.1. The van der Waals surface area contributed by atoms with E-state index in [4.69, 9.17) is 0 Å². The number of benzene rings is 3. The molecule has 1 aliphatic rings. The minimum Gasteiger partial charge on any atom is -0.453 e. The van der Waals surface area contributed by atoms with Gasteiger partial charge >= 0.3 is 12.3 Å². The number of hydrogen-bond donors (Lipinski definition) is 2. The van der Waals surface area contributed by atoms with E-state index in [-0.39, 0.29) is 24.0 Å². The molecule has 0 bridgehead atoms. The third-order valence-corrected chi connectivity index (χ3v) is 6.21. The van der Waals surface area contributed by atoms with Crippen molar-refractivity contribution in [1.82, 2.24) is 9.97 Å². The Morgan fingerprint density at radius 2 is 1.83 bits per heavy atom. The van der Waals surface area contributed by atoms with Gasteiger partial charge in [0.25, 0.3) is 5.91 Å². The van der Waals surface area contributed by atoms with Crippen molar-refractivity contribution >= 4 is 47.1 Å². The number of rotatable bonds is 3. The Morgan fingerprint density at radius 1 is 1.08 bits per heavy atom. The van der Waals surface area contributed by atoms with Crippen molar-refractivity contribution in [2.24, 2.45) is 0 Å². The van der Waals surface area contributed by atoms with Gasteiger partial charge in [0.1, 0.15) is 0 Å². The number of anilines is 2. The van der Waals surface area contributed by atoms with Crippen LogP contribution in [-0.4, -0.2) is 29.1 Å². The number of halogens is 4. The number of alkyl halides is 3. The summed E-state index contributed by atoms with van der Waals surface area (Å²) < 4.78 is 45.0. The predicted octanol–water partition coefficient (Wildman–Crippen LogP) is 6.11. The summed E-state index contributed by atoms with van der Waals surface area (Å²) in [7, 11) is 1.23. The maximum atomic E-state index is 13.5. The Labute approximate surface area is 209 Å². The molecule has 1 atom stereocenters. The molecule has 11 heteroatoms. The fraction of sp³-hybridized carbons (Fsp3) is 0.160. The van der Waals surface area contributed by atoms with E-state index in [9.17, 15) is 22.8 Å². The standard InChI is InChI=1S/C25H19F3N4O3.ClH/c1-24(14-10-11-19-20(13-14)30-22(29-19)31-23(34)35-2)18-9-4-3-8-17(18)21(33)32(24)16-7-5-6-15(12-16)25(26,27)28;/h3-13H,1-2H3,(H2,29,30,31,34);1H. The molecule has 0 fully saturated rings. The van der Waals surface area contributed by atoms with E-state index >= 15 is 0 Å². The number of fused-ring (bicyclic) bond motifs is 2. The highest BCUT2D eigenvalue weighted by Gasteiger charge is 2.48. The summed E-state index contributed by atoms with van der Waals surface area (Å²) in [6.45, 7) is 1.79. The lowest BCUT2D eigenvalue weighted by Crippen LogP contribution is -2.42. The van der Waals surface area contributed by atoms with Crippen LogP contribution in [0.2, 0.25) is 0 Å². The Morgan fingerprint density at radius 3 is 2.56 bits per heavy atom. The number of methoxy groups -OCH3 is 1. The van der Waals surface area contributed by atoms with Crippen LogP contribution in [0.4, 0.5) is 29.6 Å². The molecule has 186 valence electrons. The molecule has 7 nitrogen and oxygen atoms in total. The molecule has 4 aromatic rings. The SMILES string of the molecule is COC(=O)Nc1nc2ccc(C3(C)c4ccccc4C(=O)N3c3cccc(C(F)(F)F)c3)cc2[nH]1.Cl. The second-order valence-corrected chi connectivity index (χ2v) is 8.24. The van der Waals surface area contributed by atoms with E-state index in [1.807, 2.05) is 0 Å². The lowest BCUT2D eigenvalue weighted by Gasteiger charge is -2.37. The molecule has 0 radical (unpaired) electrons. The first-order valence-corrected chi connectivity index (χ1v) is 10.6. The minimum atomic E-state index is -4.56. The molecule has 1 aliphatic heterocycles. The number of nitrogens with zero attached hydrogens (tertiary/aromatic N) is 2. The number of hydrogen-bond acceptors (Lipinski definition) is 4. The fourth-order valence-corrected chi connectivity index (χ4v) is 4.54. The topological polar surface area (TPSA) is 87.3 Å². The first-order chi connectivity index (χ1) is 16.6. The van der Waals surface area contributed by atoms with Crippen molar-refractivity contribution in [3.63, 3.8) is 0 Å². The van der Waals surface area contributed by atoms with Crippen molar-refractivity contribution in [2.75, 3.05) is 17.3 Å². The molecule has 1 aromatic heterocycles. The van der Waals surface area contributed by atoms with E-state index in [0.29, 0.717) is 27.7 Å². The van der Waals surface area contributed by atoms with Crippen molar-refractivity contribution in [1.29, 1.82) is 0 Å². The molecule has 1 unspecified atom stereocenters. The van der Waals surface area contributed by atoms with Gasteiger partial charge in [-0.05, 0) is 54.4 Å². The second-order valence-electron chi connectivity index (χ2n) is 8.24. The minimum absolute atomic E-state index is 0. The number of aromatic amines is 1. The Bertz CT molecular complexity index is 1490. The van der Waals surface area contributed by atoms with Crippen LogP contribution in [0.3, 0.4) is 0 Å². The van der Waals surface area contributed by atoms with Crippen molar-refractivity contribution in [3.8, 4) is 0 Å². The average molecular weight is 517 g/mol. The van der Waals surface area contributed by atoms with Crippen molar-refractivity contribution in [2.45, 2.75) is 18.6 Å². The van der Waals surface area contributed by atoms with Crippen LogP contribution < -0.4 is 10.2 Å². The van der Waals surface area contributed by atoms with Gasteiger partial charge in [0, 0.05) is 11.3 Å². The summed E-state index contributed by atoms with van der Waals surface area (Å²) in [5.41, 5.74) is 0.994. The van der Waals surface area contributed by atoms with Gasteiger partial charge in [0.15, 0.2) is 0 Å². The van der Waals surface area contributed by atoms with E-state index in [1.165, 1.54) is 24.1 Å². The molecule has 3 aromatic carbocycles. The summed E-state index contributed by atoms with van der Waals surface area (Å²) in [5, 5.41) is 2.46. The number of nitrogens with one attached hydrogen (secondary N) is 2. The quantitative estimate of drug-likeness (QED) is 0.344. The van der Waals surface area contributed by atoms with E-state index in [0.717, 1.165) is 12.1 Å². The number of ether oxygens (including phenoxy) is 1. The van der Waals surface area contributed by atoms with Crippen LogP contribution in [0.5, 0.6) is 0 Å². The van der Waals surface area contributed by atoms with E-state index in [2.05, 4.69) is 20.0 Å². The zero-order valence-electron chi connectivity index (χ0n) is 19.0. The van der Waals surface area contributed by atoms with Crippen LogP contribution >= 0.6 is 12.4 Å². The van der Waals surface area contributed by atoms with E-state index < -0.39 is 29.3 Å². The molecule has 0 saturated carbocycles. The van der Waals surface area contributed by atoms with Gasteiger partial charge in [-0.15, -0.1) is 12.4 Å². The Kier molecular flexibility index (Phi) is 6.17. The summed E-state index contributed by atoms with van der Waals surface area (Å²) >= 11 is 0. The summed E-state index contributed by atoms with van der Waals surface area (Å²) in [5.74, 6) is -0.230. The van der Waals surface area contributed by atoms with Gasteiger partial charge in [0.2, 0.25) is 5.95 Å². The summed E-state index contributed by atoms with van der Waals surface area (Å²) in [6.07, 6.45) is -5.25. The maximum absolute atomic E-state index is 13.5. The monoisotopic (exact) mass is 516 g/mol. The smallest absolute Gasteiger partial charge is 0.416 e. The Hall–Kier alpha value is -4.05. The summed E-state index contributed by atoms with van der Waals surface area (Å²) in [6, 6.07) is 16.9. The number of H-pyrrole nitrogens is 1. The lowest BCUT2D eigenvalue weighted by atomic mass is 9.84. The van der Waals surface area contributed by atoms with Crippen LogP contribution in [0.25, 0.3) is 11.0 Å². The molecule has 36 heavy (non-hydrogen) atoms. The third kappa shape index (κ3) is 3.93. The molecule has 2 heterocycles. The van der Waals surface area contributed by atoms with Gasteiger partial charge in [0.05, 0.1) is 29.2 Å². The first-order valence-electron chi connectivity index (χ1n) is 10.6. The van der Waals surface area contributed by atoms with Crippen molar-refractivity contribution in [3.05, 3.63) is 89.0 Å². The average Bonchev–Trinajstić information content (AvgIpc) is 3.34. The molecule has 0 aliphatic carbocycles. The van der Waals surface area contributed by atoms with Gasteiger partial charge < -0.3 is 9.72 Å². The number of carbonyl (C=O) groups is 2. The fourth-order valence-electron chi connectivity index (χ4n) is 4.54. The molecule has 2 amide bonds. The highest BCUT2D eigenvalue weighted by molar-refractivity contribution is 6.13. The van der Waals surface area contributed by atoms with Crippen LogP contribution in [-0.2, 0) is 16.5 Å². The summed E-state index contributed by atoms with van der Waals surface area (Å²) in [4.78, 5) is 33.7. The largest absolute Gasteiger partial charge is 0.453 e. The number of imidazole rings is 1. The Balaban J connectivity index is 0.00000304. The van der Waals surface area contributed by atoms with Crippen molar-refractivity contribution < 1.29 is 27.5 Å². The third-order valence-electron chi connectivity index (χ3n) is 6.21. The van der Waals surface area contributed by atoms with Crippen LogP contribution in [0.15, 0.2) is 66.7 Å². The normalized spacial score (nSPS) is 17.0. The zero-order valence-corrected chi connectivity index (χ0v) is 19.8. The van der Waals surface area contributed by atoms with Gasteiger partial charge in [-0.25, -0.2) is 9.78 Å². The molecule has 5 rings (SSSR count). The molecular formula is C25H20ClF3N4O3. The van der Waals surface area contributed by atoms with Gasteiger partial charge in [-0.1, -0.05) is 30.3 Å². The highest BCUT2D eigenvalue weighted by atomic mass is 35.5. The maximum Gasteiger partial charge on any atom is 0.416 e. The highest BCUT2D eigenvalue weighted by Crippen LogP contribution is 2.47. The number of aromatic nitrogens is 2. The number of carbonyl (C=O) groups excluding carboxylic acids is 2. The zero-order chi connectivity index (χ0) is 25.0. The molecule has 0 spiro atoms. The molecule has 0 saturated heterocycles. The van der Waals surface area contributed by atoms with Gasteiger partial charge in [-0.2, -0.15) is 13.2 Å². The van der Waals surface area contributed by atoms with E-state index in [1.54, 1.807) is 49.4 Å². The van der Waals surface area contributed by atoms with Crippen LogP contribution in [0.1, 0.15) is 34.0 Å². The van der Waals surface area contributed by atoms with Crippen LogP contribution in [0, 0.1) is 0 Å². The number of amides is 2. The molecule has 2 N–H and O–H groups in total. The second kappa shape index (κ2) is 8.87. The predicted molar refractivity (Wildman–Crippen MR) is 131 cm³/mol. The molecular weight excluding hydrogens is 497 g/mol. The lowest BCUT2D eigenvalue weighted by molar-refractivity contribution is -0.137. The van der Waals surface area contributed by atoms with Gasteiger partial charge in [-0.3, -0.25) is 15.0 Å².